The van der Waals surface area contributed by atoms with E-state index < -0.39 is 22.6 Å². The Bertz CT molecular complexity index is 1170. The van der Waals surface area contributed by atoms with Gasteiger partial charge >= 0.3 is 12.1 Å². The summed E-state index contributed by atoms with van der Waals surface area (Å²) in [5, 5.41) is 4.86. The second kappa shape index (κ2) is 9.82. The summed E-state index contributed by atoms with van der Waals surface area (Å²) in [5.41, 5.74) is 0.395. The molecule has 2 heterocycles. The maximum atomic E-state index is 15.2. The number of thioether (sulfide) groups is 1. The van der Waals surface area contributed by atoms with E-state index in [0.717, 1.165) is 12.1 Å². The van der Waals surface area contributed by atoms with E-state index in [1.165, 1.54) is 17.8 Å². The molecule has 2 atom stereocenters. The van der Waals surface area contributed by atoms with Crippen LogP contribution in [0, 0.1) is 11.7 Å². The highest BCUT2D eigenvalue weighted by atomic mass is 32.2. The van der Waals surface area contributed by atoms with Crippen LogP contribution in [0.5, 0.6) is 0 Å². The molecule has 0 aliphatic carbocycles. The monoisotopic (exact) mass is 506 g/mol. The van der Waals surface area contributed by atoms with Gasteiger partial charge in [0.05, 0.1) is 4.75 Å². The number of carbonyl (C=O) groups excluding carboxylic acids is 2. The van der Waals surface area contributed by atoms with Crippen molar-refractivity contribution in [1.82, 2.24) is 10.2 Å². The van der Waals surface area contributed by atoms with E-state index in [-0.39, 0.29) is 29.6 Å². The van der Waals surface area contributed by atoms with Crippen LogP contribution in [0.2, 0.25) is 0 Å². The largest absolute Gasteiger partial charge is 0.471 e. The van der Waals surface area contributed by atoms with Gasteiger partial charge in [-0.1, -0.05) is 36.0 Å². The number of nitrogens with zero attached hydrogens (tertiary/aromatic N) is 2. The van der Waals surface area contributed by atoms with Crippen LogP contribution in [-0.2, 0) is 9.54 Å². The molecule has 2 amide bonds. The van der Waals surface area contributed by atoms with E-state index >= 15 is 4.39 Å². The third-order valence-electron chi connectivity index (χ3n) is 5.91. The average Bonchev–Trinajstić information content (AvgIpc) is 3.18. The Morgan fingerprint density at radius 1 is 1.20 bits per heavy atom. The van der Waals surface area contributed by atoms with Crippen molar-refractivity contribution in [3.8, 4) is 0 Å². The van der Waals surface area contributed by atoms with Gasteiger partial charge < -0.3 is 10.6 Å². The number of nitrogens with one attached hydrogen (secondary N) is 2. The number of hydrogen-bond donors (Lipinski definition) is 2. The summed E-state index contributed by atoms with van der Waals surface area (Å²) in [6.45, 7) is 5.46. The van der Waals surface area contributed by atoms with Gasteiger partial charge in [-0.2, -0.15) is 13.2 Å². The van der Waals surface area contributed by atoms with Crippen molar-refractivity contribution >= 4 is 34.4 Å². The van der Waals surface area contributed by atoms with Crippen LogP contribution in [0.1, 0.15) is 15.9 Å². The molecule has 2 N–H and O–H groups in total. The summed E-state index contributed by atoms with van der Waals surface area (Å²) in [6.07, 6.45) is -3.37. The Morgan fingerprint density at radius 2 is 1.94 bits per heavy atom. The summed E-state index contributed by atoms with van der Waals surface area (Å²) in [6, 6.07) is 11.9. The minimum atomic E-state index is -5.08. The first-order valence-electron chi connectivity index (χ1n) is 10.7. The lowest BCUT2D eigenvalue weighted by molar-refractivity contribution is -0.167. The zero-order valence-corrected chi connectivity index (χ0v) is 19.3. The predicted molar refractivity (Wildman–Crippen MR) is 127 cm³/mol. The molecular weight excluding hydrogens is 484 g/mol. The van der Waals surface area contributed by atoms with E-state index in [2.05, 4.69) is 16.9 Å². The molecule has 2 aromatic rings. The lowest BCUT2D eigenvalue weighted by Crippen LogP contribution is -2.43. The van der Waals surface area contributed by atoms with Gasteiger partial charge in [0, 0.05) is 48.9 Å². The molecule has 0 spiro atoms. The van der Waals surface area contributed by atoms with Gasteiger partial charge in [0.2, 0.25) is 0 Å². The molecule has 184 valence electrons. The maximum Gasteiger partial charge on any atom is 0.471 e. The molecule has 35 heavy (non-hydrogen) atoms. The van der Waals surface area contributed by atoms with Gasteiger partial charge in [-0.05, 0) is 30.3 Å². The maximum absolute atomic E-state index is 15.2. The number of amidine groups is 1. The highest BCUT2D eigenvalue weighted by molar-refractivity contribution is 8.14. The number of anilines is 1. The van der Waals surface area contributed by atoms with Gasteiger partial charge in [-0.15, -0.1) is 6.58 Å². The van der Waals surface area contributed by atoms with Gasteiger partial charge in [-0.3, -0.25) is 19.5 Å². The molecule has 0 radical (unpaired) electrons. The molecular formula is C24H22F4N4O2S. The zero-order valence-electron chi connectivity index (χ0n) is 18.4. The van der Waals surface area contributed by atoms with Gasteiger partial charge in [0.1, 0.15) is 5.82 Å². The number of alkyl halides is 3. The van der Waals surface area contributed by atoms with Crippen molar-refractivity contribution < 1.29 is 27.2 Å². The van der Waals surface area contributed by atoms with Crippen LogP contribution < -0.4 is 10.6 Å². The average molecular weight is 507 g/mol. The Hall–Kier alpha value is -3.18. The normalized spacial score (nSPS) is 22.2. The second-order valence-corrected chi connectivity index (χ2v) is 9.60. The zero-order chi connectivity index (χ0) is 25.2. The fourth-order valence-corrected chi connectivity index (χ4v) is 5.80. The van der Waals surface area contributed by atoms with Crippen LogP contribution in [0.25, 0.3) is 0 Å². The first kappa shape index (κ1) is 24.9. The lowest BCUT2D eigenvalue weighted by atomic mass is 9.87. The van der Waals surface area contributed by atoms with Crippen LogP contribution in [0.3, 0.4) is 0 Å². The molecule has 2 aliphatic heterocycles. The van der Waals surface area contributed by atoms with Crippen LogP contribution in [0.4, 0.5) is 23.2 Å². The van der Waals surface area contributed by atoms with Crippen LogP contribution >= 0.6 is 11.8 Å². The molecule has 1 saturated heterocycles. The Labute approximate surface area is 203 Å². The topological polar surface area (TPSA) is 73.8 Å². The summed E-state index contributed by atoms with van der Waals surface area (Å²) >= 11 is 1.17. The first-order valence-corrected chi connectivity index (χ1v) is 11.6. The van der Waals surface area contributed by atoms with Crippen molar-refractivity contribution in [3.05, 3.63) is 78.1 Å². The number of hydrogen-bond acceptors (Lipinski definition) is 5. The predicted octanol–water partition coefficient (Wildman–Crippen LogP) is 4.17. The molecule has 6 nitrogen and oxygen atoms in total. The van der Waals surface area contributed by atoms with Crippen molar-refractivity contribution in [3.63, 3.8) is 0 Å². The van der Waals surface area contributed by atoms with Gasteiger partial charge in [-0.25, -0.2) is 4.39 Å². The molecule has 2 aromatic carbocycles. The van der Waals surface area contributed by atoms with E-state index in [0.29, 0.717) is 30.4 Å². The SMILES string of the molecule is C=CCN1C[C@@H]2CN=C(NC(=O)c3ccccc3)S[C@@]2(c2cc(NC(=O)C(F)(F)F)ccc2F)C1. The molecule has 0 saturated carbocycles. The van der Waals surface area contributed by atoms with Gasteiger partial charge in [0.25, 0.3) is 5.91 Å². The van der Waals surface area contributed by atoms with E-state index in [4.69, 9.17) is 0 Å². The number of benzene rings is 2. The smallest absolute Gasteiger partial charge is 0.318 e. The number of fused-ring (bicyclic) bond motifs is 1. The summed E-state index contributed by atoms with van der Waals surface area (Å²) in [4.78, 5) is 30.7. The summed E-state index contributed by atoms with van der Waals surface area (Å²) in [7, 11) is 0. The molecule has 0 bridgehead atoms. The molecule has 11 heteroatoms. The quantitative estimate of drug-likeness (QED) is 0.472. The third-order valence-corrected chi connectivity index (χ3v) is 7.38. The number of likely N-dealkylation sites (tertiary alicyclic amines) is 1. The van der Waals surface area contributed by atoms with Crippen LogP contribution in [0.15, 0.2) is 66.2 Å². The van der Waals surface area contributed by atoms with E-state index in [1.807, 2.05) is 4.90 Å². The molecule has 2 aliphatic rings. The lowest BCUT2D eigenvalue weighted by Gasteiger charge is -2.37. The number of rotatable bonds is 5. The van der Waals surface area contributed by atoms with E-state index in [9.17, 15) is 22.8 Å². The fraction of sp³-hybridized carbons (Fsp3) is 0.292. The Balaban J connectivity index is 1.67. The minimum absolute atomic E-state index is 0.139. The van der Waals surface area contributed by atoms with Gasteiger partial charge in [0.15, 0.2) is 5.17 Å². The van der Waals surface area contributed by atoms with Crippen LogP contribution in [-0.4, -0.2) is 54.2 Å². The third kappa shape index (κ3) is 5.25. The van der Waals surface area contributed by atoms with Crippen molar-refractivity contribution in [2.45, 2.75) is 10.9 Å². The molecule has 4 rings (SSSR count). The Kier molecular flexibility index (Phi) is 7.00. The molecule has 1 fully saturated rings. The number of carbonyl (C=O) groups is 2. The summed E-state index contributed by atoms with van der Waals surface area (Å²) < 4.78 is 52.6. The first-order chi connectivity index (χ1) is 16.6. The molecule has 0 unspecified atom stereocenters. The van der Waals surface area contributed by atoms with E-state index in [1.54, 1.807) is 41.7 Å². The summed E-state index contributed by atoms with van der Waals surface area (Å²) in [5.74, 6) is -3.33. The minimum Gasteiger partial charge on any atom is -0.318 e. The van der Waals surface area contributed by atoms with Crippen molar-refractivity contribution in [2.24, 2.45) is 10.9 Å². The number of amides is 2. The number of aliphatic imine (C=N–C) groups is 1. The standard InChI is InChI=1S/C24H22F4N4O2S/c1-2-10-32-13-16-12-29-22(31-20(33)15-6-4-3-5-7-15)35-23(16,14-32)18-11-17(8-9-19(18)25)30-21(34)24(26,27)28/h2-9,11,16H,1,10,12-14H2,(H,30,34)(H,29,31,33)/t16-,23-/m0/s1. The highest BCUT2D eigenvalue weighted by Crippen LogP contribution is 2.52. The molecule has 0 aromatic heterocycles. The fourth-order valence-electron chi connectivity index (χ4n) is 4.34. The Morgan fingerprint density at radius 3 is 2.63 bits per heavy atom. The van der Waals surface area contributed by atoms with Crippen molar-refractivity contribution in [2.75, 3.05) is 31.5 Å². The number of halogens is 4. The van der Waals surface area contributed by atoms with Crippen molar-refractivity contribution in [1.29, 1.82) is 0 Å². The second-order valence-electron chi connectivity index (χ2n) is 8.28. The highest BCUT2D eigenvalue weighted by Gasteiger charge is 2.52.